The molecule has 1 fully saturated rings. The van der Waals surface area contributed by atoms with Crippen LogP contribution in [0.2, 0.25) is 0 Å². The van der Waals surface area contributed by atoms with Crippen molar-refractivity contribution in [3.05, 3.63) is 76.6 Å². The number of likely N-dealkylation sites (N-methyl/N-ethyl adjacent to an activating group) is 1. The molecule has 3 nitrogen and oxygen atoms in total. The molecule has 3 rings (SSSR count). The highest BCUT2D eigenvalue weighted by atomic mass is 32.2. The number of thioether (sulfide) groups is 1. The number of methoxy groups -OCH3 is 1. The van der Waals surface area contributed by atoms with Crippen molar-refractivity contribution in [3.8, 4) is 0 Å². The molecule has 1 aliphatic rings. The highest BCUT2D eigenvalue weighted by Crippen LogP contribution is 2.26. The van der Waals surface area contributed by atoms with Crippen molar-refractivity contribution in [1.82, 2.24) is 4.90 Å². The van der Waals surface area contributed by atoms with Gasteiger partial charge in [0.25, 0.3) is 0 Å². The fourth-order valence-electron chi connectivity index (χ4n) is 3.74. The molecule has 0 aromatic heterocycles. The highest BCUT2D eigenvalue weighted by molar-refractivity contribution is 7.99. The summed E-state index contributed by atoms with van der Waals surface area (Å²) < 4.78 is 18.1. The second kappa shape index (κ2) is 10.1. The lowest BCUT2D eigenvalue weighted by molar-refractivity contribution is 0.0599. The number of hydrogen-bond donors (Lipinski definition) is 0. The van der Waals surface area contributed by atoms with Crippen LogP contribution in [0.25, 0.3) is 6.08 Å². The first-order valence-corrected chi connectivity index (χ1v) is 11.2. The summed E-state index contributed by atoms with van der Waals surface area (Å²) >= 11 is 1.92. The van der Waals surface area contributed by atoms with Crippen molar-refractivity contribution >= 4 is 23.8 Å². The number of aryl methyl sites for hydroxylation is 2. The maximum Gasteiger partial charge on any atom is 0.338 e. The number of esters is 1. The molecule has 0 amide bonds. The van der Waals surface area contributed by atoms with Gasteiger partial charge in [-0.05, 0) is 67.5 Å². The first kappa shape index (κ1) is 21.6. The Kier molecular flexibility index (Phi) is 7.51. The summed E-state index contributed by atoms with van der Waals surface area (Å²) in [5.41, 5.74) is 3.58. The summed E-state index contributed by atoms with van der Waals surface area (Å²) in [6, 6.07) is 12.9. The Morgan fingerprint density at radius 3 is 2.66 bits per heavy atom. The van der Waals surface area contributed by atoms with Gasteiger partial charge in [-0.3, -0.25) is 4.90 Å². The fraction of sp³-hybridized carbons (Fsp3) is 0.375. The number of halogens is 1. The van der Waals surface area contributed by atoms with E-state index in [2.05, 4.69) is 30.4 Å². The zero-order valence-electron chi connectivity index (χ0n) is 17.2. The van der Waals surface area contributed by atoms with Gasteiger partial charge in [0.1, 0.15) is 5.82 Å². The fourth-order valence-corrected chi connectivity index (χ4v) is 4.52. The number of carbonyl (C=O) groups is 1. The Balaban J connectivity index is 1.74. The standard InChI is InChI=1S/C24H28FNO2S/c1-26-16-22(29-3)15-21(26)13-8-18-5-10-19(23(14-18)24(27)28-2)9-4-17-6-11-20(25)12-7-17/h5-8,10-14,21-22H,4,9,15-16H2,1-3H3/b13-8+. The largest absolute Gasteiger partial charge is 0.465 e. The molecule has 29 heavy (non-hydrogen) atoms. The van der Waals surface area contributed by atoms with Crippen LogP contribution in [0, 0.1) is 5.82 Å². The quantitative estimate of drug-likeness (QED) is 0.607. The van der Waals surface area contributed by atoms with E-state index in [4.69, 9.17) is 4.74 Å². The van der Waals surface area contributed by atoms with E-state index < -0.39 is 0 Å². The monoisotopic (exact) mass is 413 g/mol. The first-order chi connectivity index (χ1) is 14.0. The van der Waals surface area contributed by atoms with Gasteiger partial charge >= 0.3 is 5.97 Å². The van der Waals surface area contributed by atoms with E-state index in [0.29, 0.717) is 23.3 Å². The lowest BCUT2D eigenvalue weighted by atomic mass is 9.97. The Morgan fingerprint density at radius 2 is 2.00 bits per heavy atom. The van der Waals surface area contributed by atoms with Gasteiger partial charge in [-0.25, -0.2) is 9.18 Å². The average molecular weight is 414 g/mol. The van der Waals surface area contributed by atoms with Crippen LogP contribution in [0.4, 0.5) is 4.39 Å². The number of carbonyl (C=O) groups excluding carboxylic acids is 1. The summed E-state index contributed by atoms with van der Waals surface area (Å²) in [6.45, 7) is 1.10. The lowest BCUT2D eigenvalue weighted by Gasteiger charge is -2.15. The van der Waals surface area contributed by atoms with Crippen molar-refractivity contribution in [2.45, 2.75) is 30.6 Å². The minimum Gasteiger partial charge on any atom is -0.465 e. The molecule has 1 heterocycles. The van der Waals surface area contributed by atoms with Gasteiger partial charge in [0.05, 0.1) is 12.7 Å². The van der Waals surface area contributed by atoms with E-state index in [1.165, 1.54) is 19.2 Å². The van der Waals surface area contributed by atoms with Crippen molar-refractivity contribution < 1.29 is 13.9 Å². The number of rotatable bonds is 7. The Hall–Kier alpha value is -2.11. The molecule has 1 aliphatic heterocycles. The summed E-state index contributed by atoms with van der Waals surface area (Å²) in [5.74, 6) is -0.563. The topological polar surface area (TPSA) is 29.5 Å². The third kappa shape index (κ3) is 5.71. The lowest BCUT2D eigenvalue weighted by Crippen LogP contribution is -2.22. The maximum atomic E-state index is 13.1. The van der Waals surface area contributed by atoms with Crippen molar-refractivity contribution in [2.24, 2.45) is 0 Å². The van der Waals surface area contributed by atoms with Crippen LogP contribution in [0.3, 0.4) is 0 Å². The SMILES string of the molecule is COC(=O)c1cc(/C=C/C2CC(SC)CN2C)ccc1CCc1ccc(F)cc1. The second-order valence-electron chi connectivity index (χ2n) is 7.49. The highest BCUT2D eigenvalue weighted by Gasteiger charge is 2.26. The molecule has 1 saturated heterocycles. The predicted octanol–water partition coefficient (Wildman–Crippen LogP) is 4.85. The molecule has 2 unspecified atom stereocenters. The minimum absolute atomic E-state index is 0.239. The number of nitrogens with zero attached hydrogens (tertiary/aromatic N) is 1. The summed E-state index contributed by atoms with van der Waals surface area (Å²) in [6.07, 6.45) is 9.07. The molecule has 0 radical (unpaired) electrons. The molecule has 5 heteroatoms. The zero-order chi connectivity index (χ0) is 20.8. The van der Waals surface area contributed by atoms with Gasteiger partial charge < -0.3 is 4.74 Å². The number of likely N-dealkylation sites (tertiary alicyclic amines) is 1. The van der Waals surface area contributed by atoms with Crippen LogP contribution in [0.5, 0.6) is 0 Å². The van der Waals surface area contributed by atoms with Crippen molar-refractivity contribution in [2.75, 3.05) is 27.0 Å². The number of ether oxygens (including phenoxy) is 1. The van der Waals surface area contributed by atoms with E-state index in [1.807, 2.05) is 30.0 Å². The van der Waals surface area contributed by atoms with Crippen LogP contribution >= 0.6 is 11.8 Å². The molecular weight excluding hydrogens is 385 g/mol. The molecule has 154 valence electrons. The molecule has 0 spiro atoms. The van der Waals surface area contributed by atoms with Crippen molar-refractivity contribution in [3.63, 3.8) is 0 Å². The van der Waals surface area contributed by atoms with E-state index >= 15 is 0 Å². The Bertz CT molecular complexity index is 866. The maximum absolute atomic E-state index is 13.1. The van der Waals surface area contributed by atoms with E-state index in [0.717, 1.165) is 36.1 Å². The molecule has 2 aromatic carbocycles. The predicted molar refractivity (Wildman–Crippen MR) is 119 cm³/mol. The molecule has 2 aromatic rings. The Morgan fingerprint density at radius 1 is 1.24 bits per heavy atom. The molecule has 2 atom stereocenters. The first-order valence-electron chi connectivity index (χ1n) is 9.87. The molecule has 0 bridgehead atoms. The molecular formula is C24H28FNO2S. The van der Waals surface area contributed by atoms with E-state index in [-0.39, 0.29) is 11.8 Å². The van der Waals surface area contributed by atoms with Gasteiger partial charge in [-0.1, -0.05) is 36.4 Å². The summed E-state index contributed by atoms with van der Waals surface area (Å²) in [5, 5.41) is 0.675. The molecule has 0 aliphatic carbocycles. The number of hydrogen-bond acceptors (Lipinski definition) is 4. The molecule has 0 saturated carbocycles. The zero-order valence-corrected chi connectivity index (χ0v) is 18.0. The average Bonchev–Trinajstić information content (AvgIpc) is 3.11. The third-order valence-corrected chi connectivity index (χ3v) is 6.55. The minimum atomic E-state index is -0.324. The summed E-state index contributed by atoms with van der Waals surface area (Å²) in [4.78, 5) is 14.7. The van der Waals surface area contributed by atoms with Crippen LogP contribution in [-0.4, -0.2) is 49.1 Å². The third-order valence-electron chi connectivity index (χ3n) is 5.54. The van der Waals surface area contributed by atoms with Crippen LogP contribution in [0.1, 0.15) is 33.5 Å². The van der Waals surface area contributed by atoms with Crippen LogP contribution in [-0.2, 0) is 17.6 Å². The van der Waals surface area contributed by atoms with Crippen LogP contribution < -0.4 is 0 Å². The second-order valence-corrected chi connectivity index (χ2v) is 8.63. The van der Waals surface area contributed by atoms with Gasteiger partial charge in [0.15, 0.2) is 0 Å². The van der Waals surface area contributed by atoms with Gasteiger partial charge in [0, 0.05) is 17.8 Å². The van der Waals surface area contributed by atoms with Gasteiger partial charge in [0.2, 0.25) is 0 Å². The van der Waals surface area contributed by atoms with Gasteiger partial charge in [-0.15, -0.1) is 0 Å². The Labute approximate surface area is 176 Å². The van der Waals surface area contributed by atoms with Gasteiger partial charge in [-0.2, -0.15) is 11.8 Å². The number of benzene rings is 2. The van der Waals surface area contributed by atoms with E-state index in [9.17, 15) is 9.18 Å². The normalized spacial score (nSPS) is 19.7. The van der Waals surface area contributed by atoms with Crippen LogP contribution in [0.15, 0.2) is 48.5 Å². The van der Waals surface area contributed by atoms with E-state index in [1.54, 1.807) is 12.1 Å². The smallest absolute Gasteiger partial charge is 0.338 e. The molecule has 0 N–H and O–H groups in total. The summed E-state index contributed by atoms with van der Waals surface area (Å²) in [7, 11) is 3.56. The van der Waals surface area contributed by atoms with Crippen molar-refractivity contribution in [1.29, 1.82) is 0 Å².